The third-order valence-electron chi connectivity index (χ3n) is 5.50. The van der Waals surface area contributed by atoms with E-state index in [1.54, 1.807) is 29.4 Å². The fourth-order valence-corrected chi connectivity index (χ4v) is 5.70. The normalized spacial score (nSPS) is 13.5. The Morgan fingerprint density at radius 2 is 1.96 bits per heavy atom. The van der Waals surface area contributed by atoms with E-state index in [4.69, 9.17) is 19.4 Å². The highest BCUT2D eigenvalue weighted by molar-refractivity contribution is 7.98. The highest BCUT2D eigenvalue weighted by atomic mass is 32.2. The van der Waals surface area contributed by atoms with Crippen molar-refractivity contribution in [1.82, 2.24) is 15.0 Å². The van der Waals surface area contributed by atoms with Crippen LogP contribution < -0.4 is 4.90 Å². The van der Waals surface area contributed by atoms with Gasteiger partial charge in [0.05, 0.1) is 16.5 Å². The van der Waals surface area contributed by atoms with Crippen molar-refractivity contribution >= 4 is 49.3 Å². The summed E-state index contributed by atoms with van der Waals surface area (Å²) < 4.78 is 6.85. The number of aromatic nitrogens is 3. The average molecular weight is 411 g/mol. The van der Waals surface area contributed by atoms with Gasteiger partial charge in [-0.3, -0.25) is 0 Å². The van der Waals surface area contributed by atoms with Gasteiger partial charge >= 0.3 is 0 Å². The molecule has 0 unspecified atom stereocenters. The van der Waals surface area contributed by atoms with Gasteiger partial charge in [0.2, 0.25) is 0 Å². The van der Waals surface area contributed by atoms with Gasteiger partial charge in [-0.25, -0.2) is 15.0 Å². The molecular weight excluding hydrogens is 388 g/mol. The smallest absolute Gasteiger partial charge is 0.189 e. The number of nitrogens with zero attached hydrogens (tertiary/aromatic N) is 4. The van der Waals surface area contributed by atoms with Gasteiger partial charge < -0.3 is 9.32 Å². The molecule has 144 valence electrons. The SMILES string of the molecule is CCN(CC)c1nc(SC)nc2c1sc1nc(-c3ccco3)c3c(c12)CCC3. The summed E-state index contributed by atoms with van der Waals surface area (Å²) in [5.74, 6) is 1.89. The molecule has 4 heterocycles. The Bertz CT molecular complexity index is 1160. The molecule has 28 heavy (non-hydrogen) atoms. The lowest BCUT2D eigenvalue weighted by molar-refractivity contribution is 0.579. The largest absolute Gasteiger partial charge is 0.463 e. The molecule has 1 aliphatic rings. The first-order valence-electron chi connectivity index (χ1n) is 9.73. The third kappa shape index (κ3) is 2.63. The number of furan rings is 1. The van der Waals surface area contributed by atoms with Crippen molar-refractivity contribution in [2.45, 2.75) is 38.3 Å². The van der Waals surface area contributed by atoms with Crippen LogP contribution in [0.1, 0.15) is 31.4 Å². The van der Waals surface area contributed by atoms with Crippen molar-refractivity contribution in [3.05, 3.63) is 29.5 Å². The molecule has 7 heteroatoms. The van der Waals surface area contributed by atoms with Gasteiger partial charge in [0.1, 0.15) is 10.5 Å². The molecule has 0 saturated heterocycles. The highest BCUT2D eigenvalue weighted by Crippen LogP contribution is 2.44. The minimum Gasteiger partial charge on any atom is -0.463 e. The Kier molecular flexibility index (Phi) is 4.51. The second-order valence-electron chi connectivity index (χ2n) is 6.91. The van der Waals surface area contributed by atoms with Crippen LogP contribution in [0.25, 0.3) is 31.9 Å². The first kappa shape index (κ1) is 17.9. The fraction of sp³-hybridized carbons (Fsp3) is 0.381. The number of rotatable bonds is 5. The van der Waals surface area contributed by atoms with Gasteiger partial charge in [0.15, 0.2) is 16.7 Å². The number of fused-ring (bicyclic) bond motifs is 5. The number of hydrogen-bond acceptors (Lipinski definition) is 7. The molecular formula is C21H22N4OS2. The van der Waals surface area contributed by atoms with E-state index in [0.29, 0.717) is 0 Å². The Morgan fingerprint density at radius 3 is 2.68 bits per heavy atom. The molecule has 0 fully saturated rings. The maximum Gasteiger partial charge on any atom is 0.189 e. The highest BCUT2D eigenvalue weighted by Gasteiger charge is 2.27. The Hall–Kier alpha value is -2.12. The van der Waals surface area contributed by atoms with Crippen molar-refractivity contribution in [3.8, 4) is 11.5 Å². The van der Waals surface area contributed by atoms with Gasteiger partial charge in [-0.2, -0.15) is 0 Å². The van der Waals surface area contributed by atoms with Gasteiger partial charge in [0, 0.05) is 18.5 Å². The predicted molar refractivity (Wildman–Crippen MR) is 118 cm³/mol. The molecule has 0 atom stereocenters. The minimum atomic E-state index is 0.830. The standard InChI is InChI=1S/C21H22N4OS2/c1-4-25(5-2)19-18-17(23-21(24-19)27-3)15-12-8-6-9-13(12)16(22-20(15)28-18)14-10-7-11-26-14/h7,10-11H,4-6,8-9H2,1-3H3. The maximum absolute atomic E-state index is 5.70. The average Bonchev–Trinajstić information content (AvgIpc) is 3.46. The minimum absolute atomic E-state index is 0.830. The zero-order chi connectivity index (χ0) is 19.3. The first-order chi connectivity index (χ1) is 13.7. The van der Waals surface area contributed by atoms with Crippen molar-refractivity contribution < 1.29 is 4.42 Å². The van der Waals surface area contributed by atoms with Crippen molar-refractivity contribution in [2.24, 2.45) is 0 Å². The van der Waals surface area contributed by atoms with Gasteiger partial charge in [-0.15, -0.1) is 11.3 Å². The van der Waals surface area contributed by atoms with Crippen LogP contribution in [0, 0.1) is 0 Å². The molecule has 0 aliphatic heterocycles. The van der Waals surface area contributed by atoms with Crippen LogP contribution in [0.3, 0.4) is 0 Å². The van der Waals surface area contributed by atoms with Crippen LogP contribution in [0.2, 0.25) is 0 Å². The Balaban J connectivity index is 1.87. The van der Waals surface area contributed by atoms with Crippen molar-refractivity contribution in [2.75, 3.05) is 24.2 Å². The van der Waals surface area contributed by atoms with Crippen LogP contribution in [-0.2, 0) is 12.8 Å². The summed E-state index contributed by atoms with van der Waals surface area (Å²) >= 11 is 3.32. The summed E-state index contributed by atoms with van der Waals surface area (Å²) in [4.78, 5) is 18.2. The fourth-order valence-electron chi connectivity index (χ4n) is 4.18. The van der Waals surface area contributed by atoms with E-state index in [1.165, 1.54) is 16.5 Å². The first-order valence-corrected chi connectivity index (χ1v) is 11.8. The third-order valence-corrected chi connectivity index (χ3v) is 7.11. The molecule has 0 amide bonds. The van der Waals surface area contributed by atoms with Crippen LogP contribution >= 0.6 is 23.1 Å². The molecule has 0 radical (unpaired) electrons. The van der Waals surface area contributed by atoms with Crippen molar-refractivity contribution in [3.63, 3.8) is 0 Å². The van der Waals surface area contributed by atoms with Gasteiger partial charge in [0.25, 0.3) is 0 Å². The second-order valence-corrected chi connectivity index (χ2v) is 8.69. The molecule has 0 saturated carbocycles. The number of hydrogen-bond donors (Lipinski definition) is 0. The van der Waals surface area contributed by atoms with E-state index < -0.39 is 0 Å². The van der Waals surface area contributed by atoms with E-state index in [0.717, 1.165) is 69.8 Å². The molecule has 5 nitrogen and oxygen atoms in total. The molecule has 0 spiro atoms. The summed E-state index contributed by atoms with van der Waals surface area (Å²) in [7, 11) is 0. The van der Waals surface area contributed by atoms with Crippen LogP contribution in [0.5, 0.6) is 0 Å². The Labute approximate surface area is 172 Å². The molecule has 0 aromatic carbocycles. The van der Waals surface area contributed by atoms with E-state index in [1.807, 2.05) is 18.4 Å². The summed E-state index contributed by atoms with van der Waals surface area (Å²) in [6, 6.07) is 3.94. The molecule has 4 aromatic rings. The number of aryl methyl sites for hydroxylation is 1. The molecule has 0 bridgehead atoms. The second kappa shape index (κ2) is 7.04. The summed E-state index contributed by atoms with van der Waals surface area (Å²) in [6.07, 6.45) is 7.05. The van der Waals surface area contributed by atoms with E-state index in [9.17, 15) is 0 Å². The number of thioether (sulfide) groups is 1. The summed E-state index contributed by atoms with van der Waals surface area (Å²) in [6.45, 7) is 6.20. The molecule has 5 rings (SSSR count). The van der Waals surface area contributed by atoms with Gasteiger partial charge in [-0.1, -0.05) is 11.8 Å². The molecule has 4 aromatic heterocycles. The van der Waals surface area contributed by atoms with E-state index >= 15 is 0 Å². The summed E-state index contributed by atoms with van der Waals surface area (Å²) in [5.41, 5.74) is 4.80. The lowest BCUT2D eigenvalue weighted by Gasteiger charge is -2.20. The zero-order valence-corrected chi connectivity index (χ0v) is 17.9. The predicted octanol–water partition coefficient (Wildman–Crippen LogP) is 5.56. The quantitative estimate of drug-likeness (QED) is 0.317. The van der Waals surface area contributed by atoms with Crippen LogP contribution in [0.4, 0.5) is 5.82 Å². The summed E-state index contributed by atoms with van der Waals surface area (Å²) in [5, 5.41) is 2.06. The molecule has 1 aliphatic carbocycles. The maximum atomic E-state index is 5.70. The lowest BCUT2D eigenvalue weighted by Crippen LogP contribution is -2.23. The van der Waals surface area contributed by atoms with Crippen molar-refractivity contribution in [1.29, 1.82) is 0 Å². The molecule has 0 N–H and O–H groups in total. The van der Waals surface area contributed by atoms with E-state index in [2.05, 4.69) is 18.7 Å². The number of anilines is 1. The van der Waals surface area contributed by atoms with Crippen LogP contribution in [-0.4, -0.2) is 34.3 Å². The zero-order valence-electron chi connectivity index (χ0n) is 16.3. The monoisotopic (exact) mass is 410 g/mol. The van der Waals surface area contributed by atoms with Crippen LogP contribution in [0.15, 0.2) is 28.0 Å². The Morgan fingerprint density at radius 1 is 1.14 bits per heavy atom. The number of pyridine rings is 1. The number of thiophene rings is 1. The lowest BCUT2D eigenvalue weighted by atomic mass is 10.0. The topological polar surface area (TPSA) is 55.1 Å². The van der Waals surface area contributed by atoms with Gasteiger partial charge in [-0.05, 0) is 62.6 Å². The van der Waals surface area contributed by atoms with E-state index in [-0.39, 0.29) is 0 Å².